The van der Waals surface area contributed by atoms with Crippen LogP contribution in [-0.4, -0.2) is 62.6 Å². The van der Waals surface area contributed by atoms with Gasteiger partial charge in [-0.2, -0.15) is 0 Å². The molecule has 0 radical (unpaired) electrons. The Morgan fingerprint density at radius 2 is 2.10 bits per heavy atom. The first-order valence-electron chi connectivity index (χ1n) is 7.10. The zero-order valence-electron chi connectivity index (χ0n) is 12.2. The molecule has 1 aliphatic rings. The van der Waals surface area contributed by atoms with Crippen molar-refractivity contribution in [2.45, 2.75) is 6.10 Å². The highest BCUT2D eigenvalue weighted by Gasteiger charge is 2.26. The first-order valence-corrected chi connectivity index (χ1v) is 7.10. The lowest BCUT2D eigenvalue weighted by Gasteiger charge is -2.34. The molecule has 1 aromatic rings. The molecular weight excluding hydrogens is 274 g/mol. The molecule has 116 valence electrons. The second-order valence-electron chi connectivity index (χ2n) is 5.30. The van der Waals surface area contributed by atoms with Crippen LogP contribution in [0.2, 0.25) is 0 Å². The largest absolute Gasteiger partial charge is 0.385 e. The van der Waals surface area contributed by atoms with E-state index in [2.05, 4.69) is 0 Å². The Labute approximate surface area is 123 Å². The number of piperazine rings is 1. The molecule has 1 aliphatic heterocycles. The van der Waals surface area contributed by atoms with Crippen LogP contribution in [0.25, 0.3) is 0 Å². The number of nitro groups is 1. The molecule has 0 aromatic heterocycles. The van der Waals surface area contributed by atoms with Crippen LogP contribution in [0.3, 0.4) is 0 Å². The third kappa shape index (κ3) is 4.13. The third-order valence-electron chi connectivity index (χ3n) is 3.77. The van der Waals surface area contributed by atoms with Crippen LogP contribution in [0.5, 0.6) is 0 Å². The van der Waals surface area contributed by atoms with Gasteiger partial charge in [0.25, 0.3) is 5.69 Å². The normalized spacial score (nSPS) is 17.7. The Bertz CT molecular complexity index is 475. The van der Waals surface area contributed by atoms with Crippen molar-refractivity contribution in [1.29, 1.82) is 0 Å². The van der Waals surface area contributed by atoms with Crippen molar-refractivity contribution in [3.63, 3.8) is 0 Å². The number of ether oxygens (including phenoxy) is 1. The van der Waals surface area contributed by atoms with Gasteiger partial charge in [-0.05, 0) is 6.07 Å². The molecule has 0 spiro atoms. The SMILES string of the molecule is COC[C@@H](O)C[NH+]1CCN(c2ccccc2[N+](=O)[O-])CC1. The number of methoxy groups -OCH3 is 1. The highest BCUT2D eigenvalue weighted by molar-refractivity contribution is 5.63. The monoisotopic (exact) mass is 296 g/mol. The zero-order valence-corrected chi connectivity index (χ0v) is 12.2. The van der Waals surface area contributed by atoms with Gasteiger partial charge in [0.2, 0.25) is 0 Å². The molecule has 1 saturated heterocycles. The highest BCUT2D eigenvalue weighted by Crippen LogP contribution is 2.27. The number of anilines is 1. The molecule has 7 nitrogen and oxygen atoms in total. The number of nitrogens with zero attached hydrogens (tertiary/aromatic N) is 2. The van der Waals surface area contributed by atoms with E-state index < -0.39 is 6.10 Å². The molecule has 21 heavy (non-hydrogen) atoms. The van der Waals surface area contributed by atoms with Gasteiger partial charge in [-0.1, -0.05) is 12.1 Å². The predicted molar refractivity (Wildman–Crippen MR) is 78.8 cm³/mol. The van der Waals surface area contributed by atoms with E-state index in [1.165, 1.54) is 11.0 Å². The summed E-state index contributed by atoms with van der Waals surface area (Å²) < 4.78 is 4.93. The zero-order chi connectivity index (χ0) is 15.2. The number of benzene rings is 1. The lowest BCUT2D eigenvalue weighted by Crippen LogP contribution is -3.16. The summed E-state index contributed by atoms with van der Waals surface area (Å²) in [5.74, 6) is 0. The van der Waals surface area contributed by atoms with E-state index in [4.69, 9.17) is 4.74 Å². The molecule has 0 bridgehead atoms. The molecule has 0 saturated carbocycles. The Balaban J connectivity index is 1.94. The topological polar surface area (TPSA) is 80.3 Å². The van der Waals surface area contributed by atoms with Crippen LogP contribution in [0.15, 0.2) is 24.3 Å². The molecule has 1 fully saturated rings. The molecule has 2 N–H and O–H groups in total. The second-order valence-corrected chi connectivity index (χ2v) is 5.30. The summed E-state index contributed by atoms with van der Waals surface area (Å²) in [6.45, 7) is 4.20. The van der Waals surface area contributed by atoms with Crippen LogP contribution in [0.4, 0.5) is 11.4 Å². The molecule has 2 rings (SSSR count). The van der Waals surface area contributed by atoms with Gasteiger partial charge in [0.15, 0.2) is 0 Å². The first-order chi connectivity index (χ1) is 10.1. The quantitative estimate of drug-likeness (QED) is 0.536. The number of nitrogens with one attached hydrogen (secondary N) is 1. The average molecular weight is 296 g/mol. The van der Waals surface area contributed by atoms with Crippen LogP contribution >= 0.6 is 0 Å². The van der Waals surface area contributed by atoms with E-state index in [9.17, 15) is 15.2 Å². The Morgan fingerprint density at radius 3 is 2.71 bits per heavy atom. The number of hydrogen-bond acceptors (Lipinski definition) is 5. The summed E-state index contributed by atoms with van der Waals surface area (Å²) in [6, 6.07) is 6.84. The predicted octanol–water partition coefficient (Wildman–Crippen LogP) is -0.693. The first kappa shape index (κ1) is 15.7. The fourth-order valence-corrected chi connectivity index (χ4v) is 2.74. The van der Waals surface area contributed by atoms with Gasteiger partial charge in [-0.15, -0.1) is 0 Å². The van der Waals surface area contributed by atoms with Gasteiger partial charge in [0, 0.05) is 13.2 Å². The van der Waals surface area contributed by atoms with Crippen molar-refractivity contribution in [3.8, 4) is 0 Å². The summed E-state index contributed by atoms with van der Waals surface area (Å²) in [5.41, 5.74) is 0.833. The average Bonchev–Trinajstić information content (AvgIpc) is 2.48. The molecule has 7 heteroatoms. The van der Waals surface area contributed by atoms with Crippen LogP contribution < -0.4 is 9.80 Å². The minimum Gasteiger partial charge on any atom is -0.385 e. The van der Waals surface area contributed by atoms with Crippen LogP contribution in [-0.2, 0) is 4.74 Å². The van der Waals surface area contributed by atoms with Crippen molar-refractivity contribution in [2.75, 3.05) is 51.3 Å². The molecular formula is C14H22N3O4+. The van der Waals surface area contributed by atoms with E-state index >= 15 is 0 Å². The third-order valence-corrected chi connectivity index (χ3v) is 3.77. The van der Waals surface area contributed by atoms with Crippen LogP contribution in [0.1, 0.15) is 0 Å². The maximum atomic E-state index is 11.1. The van der Waals surface area contributed by atoms with Crippen molar-refractivity contribution in [3.05, 3.63) is 34.4 Å². The van der Waals surface area contributed by atoms with Gasteiger partial charge >= 0.3 is 0 Å². The summed E-state index contributed by atoms with van der Waals surface area (Å²) in [4.78, 5) is 14.1. The number of rotatable bonds is 6. The van der Waals surface area contributed by atoms with Gasteiger partial charge in [-0.3, -0.25) is 10.1 Å². The highest BCUT2D eigenvalue weighted by atomic mass is 16.6. The number of aliphatic hydroxyl groups excluding tert-OH is 1. The fraction of sp³-hybridized carbons (Fsp3) is 0.571. The Morgan fingerprint density at radius 1 is 1.43 bits per heavy atom. The molecule has 1 aromatic carbocycles. The van der Waals surface area contributed by atoms with Gasteiger partial charge in [0.05, 0.1) is 37.7 Å². The Hall–Kier alpha value is -1.70. The van der Waals surface area contributed by atoms with Crippen molar-refractivity contribution in [2.24, 2.45) is 0 Å². The molecule has 1 heterocycles. The van der Waals surface area contributed by atoms with Gasteiger partial charge in [0.1, 0.15) is 18.3 Å². The minimum absolute atomic E-state index is 0.153. The fourth-order valence-electron chi connectivity index (χ4n) is 2.74. The van der Waals surface area contributed by atoms with E-state index in [1.807, 2.05) is 11.0 Å². The summed E-state index contributed by atoms with van der Waals surface area (Å²) >= 11 is 0. The van der Waals surface area contributed by atoms with Crippen molar-refractivity contribution < 1.29 is 19.7 Å². The molecule has 0 unspecified atom stereocenters. The Kier molecular flexibility index (Phi) is 5.49. The van der Waals surface area contributed by atoms with E-state index in [0.717, 1.165) is 26.2 Å². The standard InChI is InChI=1S/C14H21N3O4/c1-21-11-12(18)10-15-6-8-16(9-7-15)13-4-2-3-5-14(13)17(19)20/h2-5,12,18H,6-11H2,1H3/p+1/t12-/m0/s1. The minimum atomic E-state index is -0.456. The van der Waals surface area contributed by atoms with Crippen molar-refractivity contribution in [1.82, 2.24) is 0 Å². The van der Waals surface area contributed by atoms with Crippen molar-refractivity contribution >= 4 is 11.4 Å². The maximum Gasteiger partial charge on any atom is 0.292 e. The van der Waals surface area contributed by atoms with E-state index in [-0.39, 0.29) is 10.6 Å². The molecule has 0 amide bonds. The van der Waals surface area contributed by atoms with Gasteiger partial charge in [-0.25, -0.2) is 0 Å². The number of para-hydroxylation sites is 2. The lowest BCUT2D eigenvalue weighted by atomic mass is 10.2. The lowest BCUT2D eigenvalue weighted by molar-refractivity contribution is -0.903. The number of aliphatic hydroxyl groups is 1. The smallest absolute Gasteiger partial charge is 0.292 e. The number of hydrogen-bond donors (Lipinski definition) is 2. The summed E-state index contributed by atoms with van der Waals surface area (Å²) in [7, 11) is 1.57. The van der Waals surface area contributed by atoms with E-state index in [1.54, 1.807) is 19.2 Å². The number of nitro benzene ring substituents is 1. The maximum absolute atomic E-state index is 11.1. The molecule has 1 atom stereocenters. The second kappa shape index (κ2) is 7.35. The summed E-state index contributed by atoms with van der Waals surface area (Å²) in [6.07, 6.45) is -0.456. The van der Waals surface area contributed by atoms with Crippen LogP contribution in [0, 0.1) is 10.1 Å². The molecule has 0 aliphatic carbocycles. The number of quaternary nitrogens is 1. The summed E-state index contributed by atoms with van der Waals surface area (Å²) in [5, 5.41) is 20.8. The van der Waals surface area contributed by atoms with E-state index in [0.29, 0.717) is 18.8 Å². The van der Waals surface area contributed by atoms with Gasteiger partial charge < -0.3 is 19.6 Å².